The maximum Gasteiger partial charge on any atom is 0.330 e. The van der Waals surface area contributed by atoms with Gasteiger partial charge in [0.15, 0.2) is 0 Å². The zero-order chi connectivity index (χ0) is 9.56. The number of aliphatic hydroxyl groups is 1. The summed E-state index contributed by atoms with van der Waals surface area (Å²) in [6.45, 7) is 5.40. The van der Waals surface area contributed by atoms with E-state index in [4.69, 9.17) is 9.84 Å². The molecule has 0 bridgehead atoms. The maximum absolute atomic E-state index is 10.9. The van der Waals surface area contributed by atoms with Gasteiger partial charge in [-0.25, -0.2) is 4.79 Å². The van der Waals surface area contributed by atoms with Gasteiger partial charge in [0.05, 0.1) is 12.2 Å². The number of hydrogen-bond donors (Lipinski definition) is 1. The molecule has 70 valence electrons. The Bertz CT molecular complexity index is 161. The summed E-state index contributed by atoms with van der Waals surface area (Å²) < 4.78 is 4.81. The Morgan fingerprint density at radius 1 is 1.58 bits per heavy atom. The van der Waals surface area contributed by atoms with Crippen molar-refractivity contribution in [1.29, 1.82) is 0 Å². The van der Waals surface area contributed by atoms with Gasteiger partial charge in [0.1, 0.15) is 0 Å². The van der Waals surface area contributed by atoms with Crippen LogP contribution in [0.1, 0.15) is 27.2 Å². The van der Waals surface area contributed by atoms with Gasteiger partial charge < -0.3 is 9.84 Å². The molecule has 0 rings (SSSR count). The van der Waals surface area contributed by atoms with Crippen LogP contribution in [-0.2, 0) is 9.53 Å². The molecule has 0 saturated heterocycles. The van der Waals surface area contributed by atoms with Crippen LogP contribution in [0.3, 0.4) is 0 Å². The molecular formula is C9H16O3. The molecule has 1 atom stereocenters. The first-order chi connectivity index (χ1) is 5.56. The minimum absolute atomic E-state index is 0.110. The number of hydrogen-bond acceptors (Lipinski definition) is 3. The van der Waals surface area contributed by atoms with Crippen molar-refractivity contribution in [3.63, 3.8) is 0 Å². The van der Waals surface area contributed by atoms with E-state index in [2.05, 4.69) is 0 Å². The molecule has 3 heteroatoms. The lowest BCUT2D eigenvalue weighted by Gasteiger charge is -2.04. The van der Waals surface area contributed by atoms with Crippen LogP contribution in [0.15, 0.2) is 12.2 Å². The Kier molecular flexibility index (Phi) is 5.37. The average molecular weight is 172 g/mol. The fourth-order valence-electron chi connectivity index (χ4n) is 0.597. The van der Waals surface area contributed by atoms with Crippen molar-refractivity contribution in [2.24, 2.45) is 0 Å². The van der Waals surface area contributed by atoms with Crippen LogP contribution >= 0.6 is 0 Å². The van der Waals surface area contributed by atoms with E-state index in [9.17, 15) is 4.79 Å². The van der Waals surface area contributed by atoms with Crippen LogP contribution in [0.25, 0.3) is 0 Å². The number of esters is 1. The predicted octanol–water partition coefficient (Wildman–Crippen LogP) is 1.27. The van der Waals surface area contributed by atoms with Crippen molar-refractivity contribution in [3.05, 3.63) is 12.2 Å². The van der Waals surface area contributed by atoms with E-state index < -0.39 is 12.1 Å². The van der Waals surface area contributed by atoms with Crippen LogP contribution in [0, 0.1) is 0 Å². The molecular weight excluding hydrogens is 156 g/mol. The number of rotatable bonds is 4. The normalized spacial score (nSPS) is 13.8. The van der Waals surface area contributed by atoms with Crippen LogP contribution in [0.2, 0.25) is 0 Å². The Labute approximate surface area is 73.0 Å². The summed E-state index contributed by atoms with van der Waals surface area (Å²) >= 11 is 0. The number of carbonyl (C=O) groups is 1. The molecule has 0 unspecified atom stereocenters. The molecule has 0 amide bonds. The molecule has 0 aromatic heterocycles. The third-order valence-corrected chi connectivity index (χ3v) is 1.22. The molecule has 0 spiro atoms. The van der Waals surface area contributed by atoms with Crippen molar-refractivity contribution in [3.8, 4) is 0 Å². The van der Waals surface area contributed by atoms with E-state index in [0.29, 0.717) is 6.42 Å². The molecule has 1 N–H and O–H groups in total. The van der Waals surface area contributed by atoms with E-state index >= 15 is 0 Å². The Balaban J connectivity index is 3.75. The largest absolute Gasteiger partial charge is 0.460 e. The van der Waals surface area contributed by atoms with Gasteiger partial charge in [-0.2, -0.15) is 0 Å². The van der Waals surface area contributed by atoms with Crippen molar-refractivity contribution in [2.75, 3.05) is 0 Å². The first-order valence-electron chi connectivity index (χ1n) is 4.13. The van der Waals surface area contributed by atoms with E-state index in [1.165, 1.54) is 12.2 Å². The van der Waals surface area contributed by atoms with Crippen LogP contribution in [0.5, 0.6) is 0 Å². The van der Waals surface area contributed by atoms with Crippen LogP contribution < -0.4 is 0 Å². The Morgan fingerprint density at radius 2 is 2.17 bits per heavy atom. The van der Waals surface area contributed by atoms with Gasteiger partial charge >= 0.3 is 5.97 Å². The smallest absolute Gasteiger partial charge is 0.330 e. The quantitative estimate of drug-likeness (QED) is 0.513. The molecule has 0 aromatic rings. The Hall–Kier alpha value is -0.830. The summed E-state index contributed by atoms with van der Waals surface area (Å²) in [6, 6.07) is 0. The number of ether oxygens (including phenoxy) is 1. The zero-order valence-corrected chi connectivity index (χ0v) is 7.78. The molecule has 0 aromatic carbocycles. The summed E-state index contributed by atoms with van der Waals surface area (Å²) in [5.74, 6) is -0.405. The van der Waals surface area contributed by atoms with E-state index in [-0.39, 0.29) is 6.10 Å². The van der Waals surface area contributed by atoms with E-state index in [1.54, 1.807) is 13.8 Å². The third kappa shape index (κ3) is 5.92. The topological polar surface area (TPSA) is 46.5 Å². The van der Waals surface area contributed by atoms with Gasteiger partial charge in [-0.3, -0.25) is 0 Å². The van der Waals surface area contributed by atoms with E-state index in [0.717, 1.165) is 0 Å². The predicted molar refractivity (Wildman–Crippen MR) is 46.7 cm³/mol. The number of carbonyl (C=O) groups excluding carboxylic acids is 1. The first-order valence-corrected chi connectivity index (χ1v) is 4.13. The molecule has 0 fully saturated rings. The molecule has 3 nitrogen and oxygen atoms in total. The molecule has 0 aliphatic carbocycles. The average Bonchev–Trinajstić information content (AvgIpc) is 1.99. The second-order valence-corrected chi connectivity index (χ2v) is 2.82. The lowest BCUT2D eigenvalue weighted by molar-refractivity contribution is -0.141. The van der Waals surface area contributed by atoms with Crippen molar-refractivity contribution in [1.82, 2.24) is 0 Å². The highest BCUT2D eigenvalue weighted by Gasteiger charge is 2.00. The highest BCUT2D eigenvalue weighted by molar-refractivity contribution is 5.82. The third-order valence-electron chi connectivity index (χ3n) is 1.22. The summed E-state index contributed by atoms with van der Waals surface area (Å²) in [7, 11) is 0. The SMILES string of the molecule is CC[C@@H](O)/C=C/C(=O)OC(C)C. The molecule has 0 aliphatic rings. The lowest BCUT2D eigenvalue weighted by atomic mass is 10.2. The van der Waals surface area contributed by atoms with Gasteiger partial charge in [-0.1, -0.05) is 6.92 Å². The monoisotopic (exact) mass is 172 g/mol. The van der Waals surface area contributed by atoms with Crippen molar-refractivity contribution >= 4 is 5.97 Å². The van der Waals surface area contributed by atoms with Gasteiger partial charge in [0.2, 0.25) is 0 Å². The van der Waals surface area contributed by atoms with Gasteiger partial charge in [0, 0.05) is 6.08 Å². The fraction of sp³-hybridized carbons (Fsp3) is 0.667. The summed E-state index contributed by atoms with van der Waals surface area (Å²) in [5, 5.41) is 9.05. The van der Waals surface area contributed by atoms with Crippen LogP contribution in [-0.4, -0.2) is 23.3 Å². The van der Waals surface area contributed by atoms with Gasteiger partial charge in [-0.15, -0.1) is 0 Å². The van der Waals surface area contributed by atoms with Crippen molar-refractivity contribution < 1.29 is 14.6 Å². The van der Waals surface area contributed by atoms with Gasteiger partial charge in [-0.05, 0) is 26.3 Å². The highest BCUT2D eigenvalue weighted by atomic mass is 16.5. The summed E-state index contributed by atoms with van der Waals surface area (Å²) in [4.78, 5) is 10.9. The standard InChI is InChI=1S/C9H16O3/c1-4-8(10)5-6-9(11)12-7(2)3/h5-8,10H,4H2,1-3H3/b6-5+/t8-/m1/s1. The lowest BCUT2D eigenvalue weighted by Crippen LogP contribution is -2.09. The fourth-order valence-corrected chi connectivity index (χ4v) is 0.597. The van der Waals surface area contributed by atoms with Crippen molar-refractivity contribution in [2.45, 2.75) is 39.4 Å². The second kappa shape index (κ2) is 5.77. The molecule has 0 aliphatic heterocycles. The minimum Gasteiger partial charge on any atom is -0.460 e. The number of aliphatic hydroxyl groups excluding tert-OH is 1. The molecule has 0 saturated carbocycles. The summed E-state index contributed by atoms with van der Waals surface area (Å²) in [5.41, 5.74) is 0. The molecule has 0 radical (unpaired) electrons. The molecule has 0 heterocycles. The van der Waals surface area contributed by atoms with E-state index in [1.807, 2.05) is 6.92 Å². The Morgan fingerprint density at radius 3 is 2.58 bits per heavy atom. The molecule has 12 heavy (non-hydrogen) atoms. The van der Waals surface area contributed by atoms with Gasteiger partial charge in [0.25, 0.3) is 0 Å². The summed E-state index contributed by atoms with van der Waals surface area (Å²) in [6.07, 6.45) is 2.63. The first kappa shape index (κ1) is 11.2. The maximum atomic E-state index is 10.9. The minimum atomic E-state index is -0.551. The zero-order valence-electron chi connectivity index (χ0n) is 7.78. The second-order valence-electron chi connectivity index (χ2n) is 2.82. The van der Waals surface area contributed by atoms with Crippen LogP contribution in [0.4, 0.5) is 0 Å². The highest BCUT2D eigenvalue weighted by Crippen LogP contribution is 1.94.